The molecule has 0 aromatic heterocycles. The van der Waals surface area contributed by atoms with Gasteiger partial charge in [0.05, 0.1) is 18.6 Å². The van der Waals surface area contributed by atoms with Gasteiger partial charge in [0.2, 0.25) is 5.91 Å². The van der Waals surface area contributed by atoms with E-state index in [9.17, 15) is 4.79 Å². The third-order valence-electron chi connectivity index (χ3n) is 5.67. The number of ether oxygens (including phenoxy) is 2. The normalized spacial score (nSPS) is 24.9. The number of methoxy groups -OCH3 is 1. The van der Waals surface area contributed by atoms with Crippen molar-refractivity contribution in [1.29, 1.82) is 0 Å². The lowest BCUT2D eigenvalue weighted by Gasteiger charge is -2.48. The van der Waals surface area contributed by atoms with Crippen molar-refractivity contribution in [1.82, 2.24) is 5.32 Å². The summed E-state index contributed by atoms with van der Waals surface area (Å²) in [4.78, 5) is 13.2. The molecule has 1 saturated carbocycles. The minimum Gasteiger partial charge on any atom is -0.497 e. The van der Waals surface area contributed by atoms with Crippen LogP contribution in [0.25, 0.3) is 0 Å². The van der Waals surface area contributed by atoms with E-state index >= 15 is 0 Å². The molecule has 1 amide bonds. The Hall–Kier alpha value is -2.33. The van der Waals surface area contributed by atoms with E-state index in [4.69, 9.17) is 9.47 Å². The van der Waals surface area contributed by atoms with Crippen molar-refractivity contribution >= 4 is 5.91 Å². The van der Waals surface area contributed by atoms with Gasteiger partial charge in [-0.1, -0.05) is 61.7 Å². The van der Waals surface area contributed by atoms with Crippen molar-refractivity contribution < 1.29 is 14.3 Å². The monoisotopic (exact) mass is 351 g/mol. The van der Waals surface area contributed by atoms with Gasteiger partial charge in [-0.2, -0.15) is 0 Å². The van der Waals surface area contributed by atoms with Crippen LogP contribution in [0.5, 0.6) is 5.75 Å². The standard InChI is InChI=1S/C22H25NO3/c1-25-18-12-10-16(11-13-18)19-20(24)23-21(17-8-4-2-5-9-17)26-22(19)14-6-3-7-15-22/h2,4-5,8-13,19,21H,3,6-7,14-15H2,1H3,(H,23,24)/t19-,21+/m1/s1. The predicted octanol–water partition coefficient (Wildman–Crippen LogP) is 4.33. The van der Waals surface area contributed by atoms with Gasteiger partial charge in [0.25, 0.3) is 0 Å². The van der Waals surface area contributed by atoms with E-state index in [2.05, 4.69) is 5.32 Å². The number of amides is 1. The molecule has 1 aliphatic carbocycles. The molecular formula is C22H25NO3. The Morgan fingerprint density at radius 3 is 2.31 bits per heavy atom. The average Bonchev–Trinajstić information content (AvgIpc) is 2.69. The van der Waals surface area contributed by atoms with Crippen LogP contribution in [0.4, 0.5) is 0 Å². The van der Waals surface area contributed by atoms with Crippen LogP contribution in [0.1, 0.15) is 55.4 Å². The zero-order valence-corrected chi connectivity index (χ0v) is 15.1. The number of carbonyl (C=O) groups is 1. The molecule has 1 aliphatic heterocycles. The quantitative estimate of drug-likeness (QED) is 0.895. The summed E-state index contributed by atoms with van der Waals surface area (Å²) in [5.74, 6) is 0.566. The molecule has 4 nitrogen and oxygen atoms in total. The summed E-state index contributed by atoms with van der Waals surface area (Å²) in [6, 6.07) is 17.8. The number of hydrogen-bond acceptors (Lipinski definition) is 3. The summed E-state index contributed by atoms with van der Waals surface area (Å²) >= 11 is 0. The predicted molar refractivity (Wildman–Crippen MR) is 100.0 cm³/mol. The van der Waals surface area contributed by atoms with Crippen molar-refractivity contribution in [2.45, 2.75) is 49.9 Å². The lowest BCUT2D eigenvalue weighted by molar-refractivity contribution is -0.182. The Bertz CT molecular complexity index is 751. The molecule has 0 bridgehead atoms. The van der Waals surface area contributed by atoms with E-state index in [1.54, 1.807) is 7.11 Å². The van der Waals surface area contributed by atoms with Gasteiger partial charge in [-0.05, 0) is 30.5 Å². The molecule has 2 aliphatic rings. The van der Waals surface area contributed by atoms with Crippen LogP contribution < -0.4 is 10.1 Å². The second-order valence-corrected chi connectivity index (χ2v) is 7.25. The fourth-order valence-electron chi connectivity index (χ4n) is 4.37. The van der Waals surface area contributed by atoms with Crippen LogP contribution >= 0.6 is 0 Å². The molecule has 0 unspecified atom stereocenters. The lowest BCUT2D eigenvalue weighted by atomic mass is 9.71. The zero-order chi connectivity index (χ0) is 18.0. The van der Waals surface area contributed by atoms with Crippen LogP contribution in [0.2, 0.25) is 0 Å². The minimum atomic E-state index is -0.435. The molecule has 2 fully saturated rings. The van der Waals surface area contributed by atoms with Crippen molar-refractivity contribution in [3.05, 3.63) is 65.7 Å². The smallest absolute Gasteiger partial charge is 0.232 e. The van der Waals surface area contributed by atoms with E-state index in [-0.39, 0.29) is 18.1 Å². The molecule has 2 aromatic rings. The lowest BCUT2D eigenvalue weighted by Crippen LogP contribution is -2.56. The third kappa shape index (κ3) is 3.10. The average molecular weight is 351 g/mol. The van der Waals surface area contributed by atoms with E-state index in [0.717, 1.165) is 42.6 Å². The Kier molecular flexibility index (Phi) is 4.68. The first-order chi connectivity index (χ1) is 12.7. The van der Waals surface area contributed by atoms with Crippen LogP contribution in [0.15, 0.2) is 54.6 Å². The van der Waals surface area contributed by atoms with Crippen LogP contribution in [-0.2, 0) is 9.53 Å². The van der Waals surface area contributed by atoms with Crippen LogP contribution in [0.3, 0.4) is 0 Å². The highest BCUT2D eigenvalue weighted by molar-refractivity contribution is 5.86. The Labute approximate surface area is 154 Å². The molecule has 4 rings (SSSR count). The number of benzene rings is 2. The summed E-state index contributed by atoms with van der Waals surface area (Å²) in [7, 11) is 1.65. The molecule has 136 valence electrons. The van der Waals surface area contributed by atoms with Crippen molar-refractivity contribution in [2.24, 2.45) is 0 Å². The second kappa shape index (κ2) is 7.12. The van der Waals surface area contributed by atoms with Crippen molar-refractivity contribution in [2.75, 3.05) is 7.11 Å². The fraction of sp³-hybridized carbons (Fsp3) is 0.409. The molecule has 1 saturated heterocycles. The van der Waals surface area contributed by atoms with Crippen LogP contribution in [0, 0.1) is 0 Å². The molecule has 1 heterocycles. The first-order valence-electron chi connectivity index (χ1n) is 9.39. The number of carbonyl (C=O) groups excluding carboxylic acids is 1. The van der Waals surface area contributed by atoms with E-state index in [1.165, 1.54) is 6.42 Å². The highest BCUT2D eigenvalue weighted by atomic mass is 16.5. The highest BCUT2D eigenvalue weighted by Crippen LogP contribution is 2.48. The summed E-state index contributed by atoms with van der Waals surface area (Å²) in [6.07, 6.45) is 4.86. The number of hydrogen-bond donors (Lipinski definition) is 1. The molecule has 2 atom stereocenters. The van der Waals surface area contributed by atoms with Gasteiger partial charge in [-0.3, -0.25) is 4.79 Å². The summed E-state index contributed by atoms with van der Waals surface area (Å²) in [5, 5.41) is 3.09. The fourth-order valence-corrected chi connectivity index (χ4v) is 4.37. The maximum atomic E-state index is 13.2. The zero-order valence-electron chi connectivity index (χ0n) is 15.1. The minimum absolute atomic E-state index is 0.0529. The summed E-state index contributed by atoms with van der Waals surface area (Å²) in [6.45, 7) is 0. The number of rotatable bonds is 3. The highest BCUT2D eigenvalue weighted by Gasteiger charge is 2.51. The van der Waals surface area contributed by atoms with Gasteiger partial charge in [0, 0.05) is 5.56 Å². The first-order valence-corrected chi connectivity index (χ1v) is 9.39. The van der Waals surface area contributed by atoms with Gasteiger partial charge < -0.3 is 14.8 Å². The van der Waals surface area contributed by atoms with Gasteiger partial charge in [0.15, 0.2) is 6.23 Å². The molecule has 4 heteroatoms. The van der Waals surface area contributed by atoms with E-state index in [0.29, 0.717) is 0 Å². The molecule has 26 heavy (non-hydrogen) atoms. The number of nitrogens with one attached hydrogen (secondary N) is 1. The third-order valence-corrected chi connectivity index (χ3v) is 5.67. The molecule has 2 aromatic carbocycles. The Morgan fingerprint density at radius 2 is 1.65 bits per heavy atom. The summed E-state index contributed by atoms with van der Waals surface area (Å²) < 4.78 is 11.9. The van der Waals surface area contributed by atoms with Gasteiger partial charge in [-0.15, -0.1) is 0 Å². The van der Waals surface area contributed by atoms with Gasteiger partial charge >= 0.3 is 0 Å². The Morgan fingerprint density at radius 1 is 0.962 bits per heavy atom. The molecule has 1 N–H and O–H groups in total. The summed E-state index contributed by atoms with van der Waals surface area (Å²) in [5.41, 5.74) is 1.56. The maximum absolute atomic E-state index is 13.2. The largest absolute Gasteiger partial charge is 0.497 e. The van der Waals surface area contributed by atoms with Gasteiger partial charge in [-0.25, -0.2) is 0 Å². The second-order valence-electron chi connectivity index (χ2n) is 7.25. The van der Waals surface area contributed by atoms with Crippen LogP contribution in [-0.4, -0.2) is 18.6 Å². The first kappa shape index (κ1) is 17.1. The topological polar surface area (TPSA) is 47.6 Å². The SMILES string of the molecule is COc1ccc([C@@H]2C(=O)N[C@H](c3ccccc3)OC23CCCCC3)cc1. The van der Waals surface area contributed by atoms with Gasteiger partial charge in [0.1, 0.15) is 5.75 Å². The maximum Gasteiger partial charge on any atom is 0.232 e. The molecule has 0 radical (unpaired) electrons. The van der Waals surface area contributed by atoms with E-state index < -0.39 is 5.60 Å². The van der Waals surface area contributed by atoms with Crippen molar-refractivity contribution in [3.63, 3.8) is 0 Å². The van der Waals surface area contributed by atoms with Crippen molar-refractivity contribution in [3.8, 4) is 5.75 Å². The molecular weight excluding hydrogens is 326 g/mol. The Balaban J connectivity index is 1.69. The van der Waals surface area contributed by atoms with E-state index in [1.807, 2.05) is 54.6 Å². The molecule has 1 spiro atoms.